The fraction of sp³-hybridized carbons (Fsp3) is 0.667. The van der Waals surface area contributed by atoms with E-state index in [2.05, 4.69) is 10.3 Å². The van der Waals surface area contributed by atoms with Crippen LogP contribution in [0.1, 0.15) is 36.3 Å². The molecule has 1 aromatic rings. The maximum atomic E-state index is 11.9. The average molecular weight is 252 g/mol. The third kappa shape index (κ3) is 2.35. The van der Waals surface area contributed by atoms with Gasteiger partial charge in [-0.3, -0.25) is 10.1 Å². The monoisotopic (exact) mass is 252 g/mol. The van der Waals surface area contributed by atoms with Crippen molar-refractivity contribution in [2.75, 3.05) is 11.9 Å². The van der Waals surface area contributed by atoms with Gasteiger partial charge in [0.2, 0.25) is 0 Å². The van der Waals surface area contributed by atoms with E-state index in [1.165, 1.54) is 23.4 Å². The van der Waals surface area contributed by atoms with Crippen molar-refractivity contribution in [2.45, 2.75) is 44.6 Å². The Kier molecular flexibility index (Phi) is 3.11. The van der Waals surface area contributed by atoms with Crippen LogP contribution in [0.25, 0.3) is 0 Å². The molecule has 0 spiro atoms. The Bertz CT molecular complexity index is 401. The number of aromatic nitrogens is 1. The molecule has 92 valence electrons. The number of nitrogens with zero attached hydrogens (tertiary/aromatic N) is 1. The Labute approximate surface area is 104 Å². The van der Waals surface area contributed by atoms with Crippen molar-refractivity contribution < 1.29 is 9.53 Å². The van der Waals surface area contributed by atoms with E-state index >= 15 is 0 Å². The Morgan fingerprint density at radius 1 is 1.35 bits per heavy atom. The summed E-state index contributed by atoms with van der Waals surface area (Å²) in [6.07, 6.45) is 6.17. The van der Waals surface area contributed by atoms with Gasteiger partial charge in [-0.25, -0.2) is 4.98 Å². The molecule has 3 rings (SSSR count). The highest BCUT2D eigenvalue weighted by Crippen LogP contribution is 2.29. The second kappa shape index (κ2) is 4.74. The zero-order valence-electron chi connectivity index (χ0n) is 9.70. The Hall–Kier alpha value is -0.940. The average Bonchev–Trinajstić information content (AvgIpc) is 2.97. The molecule has 0 aromatic carbocycles. The number of carbonyl (C=O) groups is 1. The van der Waals surface area contributed by atoms with Crippen molar-refractivity contribution >= 4 is 22.4 Å². The molecule has 0 unspecified atom stereocenters. The van der Waals surface area contributed by atoms with E-state index in [9.17, 15) is 4.79 Å². The minimum atomic E-state index is -0.268. The van der Waals surface area contributed by atoms with E-state index in [1.807, 2.05) is 0 Å². The summed E-state index contributed by atoms with van der Waals surface area (Å²) >= 11 is 1.62. The van der Waals surface area contributed by atoms with Gasteiger partial charge in [-0.2, -0.15) is 0 Å². The molecule has 2 heterocycles. The van der Waals surface area contributed by atoms with Gasteiger partial charge in [0.15, 0.2) is 5.13 Å². The highest BCUT2D eigenvalue weighted by Gasteiger charge is 2.25. The summed E-state index contributed by atoms with van der Waals surface area (Å²) in [6, 6.07) is 0. The maximum Gasteiger partial charge on any atom is 0.255 e. The number of fused-ring (bicyclic) bond motifs is 1. The smallest absolute Gasteiger partial charge is 0.255 e. The molecule has 0 radical (unpaired) electrons. The van der Waals surface area contributed by atoms with Crippen LogP contribution in [-0.4, -0.2) is 23.6 Å². The minimum Gasteiger partial charge on any atom is -0.368 e. The van der Waals surface area contributed by atoms with Crippen molar-refractivity contribution in [1.29, 1.82) is 0 Å². The standard InChI is InChI=1S/C12H16N2O2S/c15-11(9-5-3-7-16-9)14-12-13-8-4-1-2-6-10(8)17-12/h9H,1-7H2,(H,13,14,15)/t9-/m1/s1. The second-order valence-electron chi connectivity index (χ2n) is 4.59. The molecular weight excluding hydrogens is 236 g/mol. The fourth-order valence-corrected chi connectivity index (χ4v) is 3.43. The largest absolute Gasteiger partial charge is 0.368 e. The first kappa shape index (κ1) is 11.2. The molecule has 1 atom stereocenters. The van der Waals surface area contributed by atoms with Crippen molar-refractivity contribution in [1.82, 2.24) is 4.98 Å². The van der Waals surface area contributed by atoms with Crippen LogP contribution in [0, 0.1) is 0 Å². The van der Waals surface area contributed by atoms with Gasteiger partial charge in [0.05, 0.1) is 5.69 Å². The van der Waals surface area contributed by atoms with Crippen molar-refractivity contribution in [3.63, 3.8) is 0 Å². The SMILES string of the molecule is O=C(Nc1nc2c(s1)CCCC2)[C@H]1CCCO1. The van der Waals surface area contributed by atoms with Gasteiger partial charge in [-0.15, -0.1) is 11.3 Å². The molecule has 1 aromatic heterocycles. The number of aryl methyl sites for hydroxylation is 2. The predicted molar refractivity (Wildman–Crippen MR) is 66.4 cm³/mol. The molecule has 2 aliphatic rings. The zero-order chi connectivity index (χ0) is 11.7. The number of carbonyl (C=O) groups excluding carboxylic acids is 1. The quantitative estimate of drug-likeness (QED) is 0.877. The first-order valence-corrected chi connectivity index (χ1v) is 7.05. The van der Waals surface area contributed by atoms with Crippen LogP contribution in [0.4, 0.5) is 5.13 Å². The summed E-state index contributed by atoms with van der Waals surface area (Å²) in [5.74, 6) is -0.0337. The van der Waals surface area contributed by atoms with Crippen LogP contribution < -0.4 is 5.32 Å². The number of hydrogen-bond acceptors (Lipinski definition) is 4. The van der Waals surface area contributed by atoms with Gasteiger partial charge in [-0.05, 0) is 38.5 Å². The van der Waals surface area contributed by atoms with Crippen molar-refractivity contribution in [2.24, 2.45) is 0 Å². The second-order valence-corrected chi connectivity index (χ2v) is 5.67. The van der Waals surface area contributed by atoms with Gasteiger partial charge < -0.3 is 4.74 Å². The van der Waals surface area contributed by atoms with E-state index in [4.69, 9.17) is 4.74 Å². The molecule has 0 bridgehead atoms. The molecule has 5 heteroatoms. The summed E-state index contributed by atoms with van der Waals surface area (Å²) in [5, 5.41) is 3.63. The normalized spacial score (nSPS) is 23.4. The number of nitrogens with one attached hydrogen (secondary N) is 1. The van der Waals surface area contributed by atoms with Crippen molar-refractivity contribution in [3.8, 4) is 0 Å². The molecule has 1 N–H and O–H groups in total. The van der Waals surface area contributed by atoms with E-state index < -0.39 is 0 Å². The van der Waals surface area contributed by atoms with E-state index in [0.29, 0.717) is 6.61 Å². The molecule has 1 amide bonds. The Morgan fingerprint density at radius 3 is 3.00 bits per heavy atom. The number of thiazole rings is 1. The van der Waals surface area contributed by atoms with Gasteiger partial charge in [0, 0.05) is 11.5 Å². The molecule has 1 aliphatic heterocycles. The Balaban J connectivity index is 1.68. The lowest BCUT2D eigenvalue weighted by Gasteiger charge is -2.07. The predicted octanol–water partition coefficient (Wildman–Crippen LogP) is 2.14. The topological polar surface area (TPSA) is 51.2 Å². The van der Waals surface area contributed by atoms with E-state index in [0.717, 1.165) is 30.8 Å². The van der Waals surface area contributed by atoms with Crippen LogP contribution in [0.2, 0.25) is 0 Å². The number of amides is 1. The first-order valence-electron chi connectivity index (χ1n) is 6.24. The Morgan fingerprint density at radius 2 is 2.24 bits per heavy atom. The van der Waals surface area contributed by atoms with E-state index in [1.54, 1.807) is 11.3 Å². The van der Waals surface area contributed by atoms with Crippen LogP contribution >= 0.6 is 11.3 Å². The highest BCUT2D eigenvalue weighted by molar-refractivity contribution is 7.15. The zero-order valence-corrected chi connectivity index (χ0v) is 10.5. The summed E-state index contributed by atoms with van der Waals surface area (Å²) in [6.45, 7) is 0.701. The molecule has 17 heavy (non-hydrogen) atoms. The molecule has 1 saturated heterocycles. The van der Waals surface area contributed by atoms with Gasteiger partial charge in [-0.1, -0.05) is 0 Å². The fourth-order valence-electron chi connectivity index (χ4n) is 2.38. The molecule has 4 nitrogen and oxygen atoms in total. The number of ether oxygens (including phenoxy) is 1. The third-order valence-corrected chi connectivity index (χ3v) is 4.37. The highest BCUT2D eigenvalue weighted by atomic mass is 32.1. The summed E-state index contributed by atoms with van der Waals surface area (Å²) in [4.78, 5) is 17.7. The maximum absolute atomic E-state index is 11.9. The van der Waals surface area contributed by atoms with E-state index in [-0.39, 0.29) is 12.0 Å². The van der Waals surface area contributed by atoms with Gasteiger partial charge >= 0.3 is 0 Å². The summed E-state index contributed by atoms with van der Waals surface area (Å²) in [7, 11) is 0. The summed E-state index contributed by atoms with van der Waals surface area (Å²) < 4.78 is 5.35. The van der Waals surface area contributed by atoms with Crippen LogP contribution in [0.15, 0.2) is 0 Å². The molecule has 0 saturated carbocycles. The lowest BCUT2D eigenvalue weighted by atomic mass is 10.0. The van der Waals surface area contributed by atoms with Crippen LogP contribution in [0.5, 0.6) is 0 Å². The number of rotatable bonds is 2. The molecular formula is C12H16N2O2S. The lowest BCUT2D eigenvalue weighted by Crippen LogP contribution is -2.26. The van der Waals surface area contributed by atoms with Crippen LogP contribution in [-0.2, 0) is 22.4 Å². The first-order chi connectivity index (χ1) is 8.33. The minimum absolute atomic E-state index is 0.0337. The number of hydrogen-bond donors (Lipinski definition) is 1. The van der Waals surface area contributed by atoms with Crippen molar-refractivity contribution in [3.05, 3.63) is 10.6 Å². The van der Waals surface area contributed by atoms with Gasteiger partial charge in [0.25, 0.3) is 5.91 Å². The molecule has 1 aliphatic carbocycles. The number of anilines is 1. The van der Waals surface area contributed by atoms with Gasteiger partial charge in [0.1, 0.15) is 6.10 Å². The summed E-state index contributed by atoms with van der Waals surface area (Å²) in [5.41, 5.74) is 1.18. The lowest BCUT2D eigenvalue weighted by molar-refractivity contribution is -0.124. The molecule has 1 fully saturated rings. The van der Waals surface area contributed by atoms with Crippen LogP contribution in [0.3, 0.4) is 0 Å². The third-order valence-electron chi connectivity index (χ3n) is 3.30.